The zero-order valence-corrected chi connectivity index (χ0v) is 6.74. The number of aromatic nitrogens is 1. The van der Waals surface area contributed by atoms with Crippen LogP contribution in [0.1, 0.15) is 18.5 Å². The predicted molar refractivity (Wildman–Crippen MR) is 43.4 cm³/mol. The van der Waals surface area contributed by atoms with E-state index in [0.29, 0.717) is 0 Å². The molecule has 0 saturated carbocycles. The molecule has 1 aromatic rings. The molecule has 0 bridgehead atoms. The third kappa shape index (κ3) is 1.91. The number of hydrogen-bond acceptors (Lipinski definition) is 3. The van der Waals surface area contributed by atoms with E-state index in [0.717, 1.165) is 11.3 Å². The van der Waals surface area contributed by atoms with E-state index in [1.54, 1.807) is 19.5 Å². The number of hydrogen-bond donors (Lipinski definition) is 1. The summed E-state index contributed by atoms with van der Waals surface area (Å²) < 4.78 is 4.99. The highest BCUT2D eigenvalue weighted by molar-refractivity contribution is 5.25. The van der Waals surface area contributed by atoms with E-state index in [-0.39, 0.29) is 6.04 Å². The lowest BCUT2D eigenvalue weighted by Gasteiger charge is -2.05. The summed E-state index contributed by atoms with van der Waals surface area (Å²) in [5.74, 6) is 0.750. The Hall–Kier alpha value is -1.09. The van der Waals surface area contributed by atoms with Gasteiger partial charge in [-0.05, 0) is 18.6 Å². The van der Waals surface area contributed by atoms with Gasteiger partial charge in [-0.2, -0.15) is 0 Å². The molecule has 0 aliphatic rings. The first-order valence-corrected chi connectivity index (χ1v) is 3.48. The Morgan fingerprint density at radius 3 is 2.82 bits per heavy atom. The minimum atomic E-state index is 0.0117. The molecule has 1 rings (SSSR count). The highest BCUT2D eigenvalue weighted by atomic mass is 16.5. The molecule has 1 atom stereocenters. The molecule has 1 unspecified atom stereocenters. The maximum Gasteiger partial charge on any atom is 0.137 e. The van der Waals surface area contributed by atoms with Crippen LogP contribution in [0.15, 0.2) is 18.5 Å². The fraction of sp³-hybridized carbons (Fsp3) is 0.375. The number of ether oxygens (including phenoxy) is 1. The van der Waals surface area contributed by atoms with Crippen LogP contribution in [0.25, 0.3) is 0 Å². The molecule has 0 spiro atoms. The van der Waals surface area contributed by atoms with Crippen LogP contribution in [-0.2, 0) is 0 Å². The molecule has 3 heteroatoms. The molecule has 2 N–H and O–H groups in total. The van der Waals surface area contributed by atoms with E-state index in [1.165, 1.54) is 0 Å². The van der Waals surface area contributed by atoms with Crippen molar-refractivity contribution in [1.82, 2.24) is 4.98 Å². The molecule has 11 heavy (non-hydrogen) atoms. The highest BCUT2D eigenvalue weighted by Gasteiger charge is 2.00. The summed E-state index contributed by atoms with van der Waals surface area (Å²) >= 11 is 0. The summed E-state index contributed by atoms with van der Waals surface area (Å²) in [6.45, 7) is 1.91. The van der Waals surface area contributed by atoms with Crippen molar-refractivity contribution in [2.45, 2.75) is 13.0 Å². The van der Waals surface area contributed by atoms with Crippen molar-refractivity contribution in [3.8, 4) is 5.75 Å². The van der Waals surface area contributed by atoms with Crippen molar-refractivity contribution in [3.05, 3.63) is 24.0 Å². The lowest BCUT2D eigenvalue weighted by atomic mass is 10.1. The Kier molecular flexibility index (Phi) is 2.44. The van der Waals surface area contributed by atoms with Crippen LogP contribution in [0, 0.1) is 0 Å². The van der Waals surface area contributed by atoms with Gasteiger partial charge < -0.3 is 10.5 Å². The first kappa shape index (κ1) is 8.01. The topological polar surface area (TPSA) is 48.1 Å². The van der Waals surface area contributed by atoms with Gasteiger partial charge in [0.2, 0.25) is 0 Å². The van der Waals surface area contributed by atoms with E-state index >= 15 is 0 Å². The van der Waals surface area contributed by atoms with E-state index in [4.69, 9.17) is 10.5 Å². The Morgan fingerprint density at radius 1 is 1.55 bits per heavy atom. The van der Waals surface area contributed by atoms with Gasteiger partial charge in [0, 0.05) is 12.2 Å². The third-order valence-electron chi connectivity index (χ3n) is 1.50. The second kappa shape index (κ2) is 3.34. The van der Waals surface area contributed by atoms with Gasteiger partial charge in [0.05, 0.1) is 13.3 Å². The predicted octanol–water partition coefficient (Wildman–Crippen LogP) is 1.11. The van der Waals surface area contributed by atoms with Crippen molar-refractivity contribution >= 4 is 0 Å². The maximum atomic E-state index is 5.64. The average molecular weight is 152 g/mol. The third-order valence-corrected chi connectivity index (χ3v) is 1.50. The van der Waals surface area contributed by atoms with Crippen LogP contribution in [0.4, 0.5) is 0 Å². The zero-order chi connectivity index (χ0) is 8.27. The molecule has 0 aromatic carbocycles. The number of rotatable bonds is 2. The molecule has 0 saturated heterocycles. The van der Waals surface area contributed by atoms with Gasteiger partial charge in [0.25, 0.3) is 0 Å². The van der Waals surface area contributed by atoms with E-state index in [9.17, 15) is 0 Å². The Balaban J connectivity index is 2.91. The molecular weight excluding hydrogens is 140 g/mol. The lowest BCUT2D eigenvalue weighted by Crippen LogP contribution is -2.05. The van der Waals surface area contributed by atoms with Gasteiger partial charge in [-0.3, -0.25) is 4.98 Å². The Labute approximate surface area is 66.2 Å². The second-order valence-corrected chi connectivity index (χ2v) is 2.45. The largest absolute Gasteiger partial charge is 0.495 e. The quantitative estimate of drug-likeness (QED) is 0.690. The van der Waals surface area contributed by atoms with Gasteiger partial charge in [0.1, 0.15) is 5.75 Å². The van der Waals surface area contributed by atoms with Crippen molar-refractivity contribution in [2.75, 3.05) is 7.11 Å². The van der Waals surface area contributed by atoms with Crippen LogP contribution in [0.3, 0.4) is 0 Å². The van der Waals surface area contributed by atoms with Crippen LogP contribution >= 0.6 is 0 Å². The SMILES string of the molecule is COc1cncc(C(C)N)c1. The molecule has 1 heterocycles. The van der Waals surface area contributed by atoms with Crippen molar-refractivity contribution < 1.29 is 4.74 Å². The summed E-state index contributed by atoms with van der Waals surface area (Å²) in [6.07, 6.45) is 3.40. The standard InChI is InChI=1S/C8H12N2O/c1-6(9)7-3-8(11-2)5-10-4-7/h3-6H,9H2,1-2H3. The van der Waals surface area contributed by atoms with Gasteiger partial charge in [-0.1, -0.05) is 0 Å². The van der Waals surface area contributed by atoms with Gasteiger partial charge in [-0.25, -0.2) is 0 Å². The molecule has 0 aliphatic heterocycles. The number of methoxy groups -OCH3 is 1. The van der Waals surface area contributed by atoms with Crippen LogP contribution < -0.4 is 10.5 Å². The molecule has 0 radical (unpaired) electrons. The minimum Gasteiger partial charge on any atom is -0.495 e. The molecule has 0 aliphatic carbocycles. The summed E-state index contributed by atoms with van der Waals surface area (Å²) in [5, 5.41) is 0. The van der Waals surface area contributed by atoms with Crippen LogP contribution in [0.2, 0.25) is 0 Å². The summed E-state index contributed by atoms with van der Waals surface area (Å²) in [5.41, 5.74) is 6.63. The minimum absolute atomic E-state index is 0.0117. The summed E-state index contributed by atoms with van der Waals surface area (Å²) in [6, 6.07) is 1.90. The fourth-order valence-corrected chi connectivity index (χ4v) is 0.796. The van der Waals surface area contributed by atoms with E-state index < -0.39 is 0 Å². The molecular formula is C8H12N2O. The van der Waals surface area contributed by atoms with Gasteiger partial charge in [-0.15, -0.1) is 0 Å². The average Bonchev–Trinajstić information content (AvgIpc) is 2.05. The first-order valence-electron chi connectivity index (χ1n) is 3.48. The molecule has 1 aromatic heterocycles. The monoisotopic (exact) mass is 152 g/mol. The maximum absolute atomic E-state index is 5.64. The van der Waals surface area contributed by atoms with Crippen LogP contribution in [0.5, 0.6) is 5.75 Å². The normalized spacial score (nSPS) is 12.6. The number of nitrogens with zero attached hydrogens (tertiary/aromatic N) is 1. The smallest absolute Gasteiger partial charge is 0.137 e. The molecule has 0 amide bonds. The zero-order valence-electron chi connectivity index (χ0n) is 6.74. The van der Waals surface area contributed by atoms with Crippen molar-refractivity contribution in [2.24, 2.45) is 5.73 Å². The van der Waals surface area contributed by atoms with E-state index in [1.807, 2.05) is 13.0 Å². The number of nitrogens with two attached hydrogens (primary N) is 1. The van der Waals surface area contributed by atoms with E-state index in [2.05, 4.69) is 4.98 Å². The summed E-state index contributed by atoms with van der Waals surface area (Å²) in [4.78, 5) is 3.97. The second-order valence-electron chi connectivity index (χ2n) is 2.45. The van der Waals surface area contributed by atoms with Gasteiger partial charge in [0.15, 0.2) is 0 Å². The lowest BCUT2D eigenvalue weighted by molar-refractivity contribution is 0.412. The Bertz CT molecular complexity index is 235. The fourth-order valence-electron chi connectivity index (χ4n) is 0.796. The molecule has 0 fully saturated rings. The van der Waals surface area contributed by atoms with Gasteiger partial charge >= 0.3 is 0 Å². The summed E-state index contributed by atoms with van der Waals surface area (Å²) in [7, 11) is 1.61. The highest BCUT2D eigenvalue weighted by Crippen LogP contribution is 2.14. The van der Waals surface area contributed by atoms with Crippen LogP contribution in [-0.4, -0.2) is 12.1 Å². The van der Waals surface area contributed by atoms with Crippen molar-refractivity contribution in [1.29, 1.82) is 0 Å². The Morgan fingerprint density at radius 2 is 2.27 bits per heavy atom. The molecule has 3 nitrogen and oxygen atoms in total. The molecule has 60 valence electrons. The number of pyridine rings is 1. The van der Waals surface area contributed by atoms with Crippen molar-refractivity contribution in [3.63, 3.8) is 0 Å². The first-order chi connectivity index (χ1) is 5.24.